The summed E-state index contributed by atoms with van der Waals surface area (Å²) in [5, 5.41) is 3.20. The number of hydrogen-bond donors (Lipinski definition) is 1. The minimum Gasteiger partial charge on any atom is -0.367 e. The first-order valence-electron chi connectivity index (χ1n) is 10.3. The summed E-state index contributed by atoms with van der Waals surface area (Å²) in [5.41, 5.74) is 2.10. The minimum absolute atomic E-state index is 0.0606. The topological polar surface area (TPSA) is 38.8 Å². The Kier molecular flexibility index (Phi) is 6.78. The third-order valence-corrected chi connectivity index (χ3v) is 5.81. The second-order valence-electron chi connectivity index (χ2n) is 7.61. The number of likely N-dealkylation sites (tertiary alicyclic amines) is 1. The lowest BCUT2D eigenvalue weighted by Gasteiger charge is -2.37. The maximum atomic E-state index is 12.8. The van der Waals surface area contributed by atoms with Crippen molar-refractivity contribution in [2.75, 3.05) is 56.0 Å². The molecule has 0 aliphatic carbocycles. The number of carbonyl (C=O) groups excluding carboxylic acids is 1. The molecule has 1 atom stereocenters. The van der Waals surface area contributed by atoms with Crippen LogP contribution in [0.1, 0.15) is 39.5 Å². The number of piperazine rings is 1. The number of nitrogens with zero attached hydrogens (tertiary/aromatic N) is 3. The number of para-hydroxylation sites is 2. The first kappa shape index (κ1) is 19.0. The number of anilines is 2. The smallest absolute Gasteiger partial charge is 0.321 e. The Morgan fingerprint density at radius 2 is 1.88 bits per heavy atom. The average Bonchev–Trinajstić information content (AvgIpc) is 2.69. The zero-order valence-electron chi connectivity index (χ0n) is 16.4. The molecule has 5 heteroatoms. The summed E-state index contributed by atoms with van der Waals surface area (Å²) >= 11 is 0. The summed E-state index contributed by atoms with van der Waals surface area (Å²) in [4.78, 5) is 19.7. The lowest BCUT2D eigenvalue weighted by Crippen LogP contribution is -2.46. The molecule has 26 heavy (non-hydrogen) atoms. The van der Waals surface area contributed by atoms with Crippen LogP contribution in [-0.4, -0.2) is 61.6 Å². The van der Waals surface area contributed by atoms with Gasteiger partial charge in [-0.15, -0.1) is 0 Å². The van der Waals surface area contributed by atoms with Crippen LogP contribution < -0.4 is 10.2 Å². The number of piperidine rings is 1. The van der Waals surface area contributed by atoms with Crippen molar-refractivity contribution in [2.45, 2.75) is 39.5 Å². The van der Waals surface area contributed by atoms with E-state index in [4.69, 9.17) is 0 Å². The van der Waals surface area contributed by atoms with Crippen molar-refractivity contribution >= 4 is 17.4 Å². The van der Waals surface area contributed by atoms with E-state index < -0.39 is 0 Å². The number of rotatable bonds is 5. The van der Waals surface area contributed by atoms with Gasteiger partial charge in [0, 0.05) is 39.3 Å². The Morgan fingerprint density at radius 3 is 2.62 bits per heavy atom. The van der Waals surface area contributed by atoms with Crippen molar-refractivity contribution in [1.29, 1.82) is 0 Å². The number of amides is 2. The highest BCUT2D eigenvalue weighted by molar-refractivity contribution is 5.93. The summed E-state index contributed by atoms with van der Waals surface area (Å²) < 4.78 is 0. The van der Waals surface area contributed by atoms with E-state index in [9.17, 15) is 4.79 Å². The van der Waals surface area contributed by atoms with Crippen molar-refractivity contribution in [2.24, 2.45) is 5.92 Å². The summed E-state index contributed by atoms with van der Waals surface area (Å²) in [5.74, 6) is 0.664. The Balaban J connectivity index is 1.63. The molecule has 5 nitrogen and oxygen atoms in total. The number of likely N-dealkylation sites (N-methyl/N-ethyl adjacent to an activating group) is 1. The fraction of sp³-hybridized carbons (Fsp3) is 0.667. The molecule has 1 unspecified atom stereocenters. The molecule has 144 valence electrons. The standard InChI is InChI=1S/C21H34N4O/c1-3-8-18-9-7-12-25(17-18)21(26)22-19-10-5-6-11-20(19)24-15-13-23(4-2)14-16-24/h5-6,10-11,18H,3-4,7-9,12-17H2,1-2H3,(H,22,26). The SMILES string of the molecule is CCCC1CCCN(C(=O)Nc2ccccc2N2CCN(CC)CC2)C1. The van der Waals surface area contributed by atoms with Crippen LogP contribution in [0.2, 0.25) is 0 Å². The van der Waals surface area contributed by atoms with E-state index in [2.05, 4.69) is 41.1 Å². The highest BCUT2D eigenvalue weighted by Gasteiger charge is 2.24. The van der Waals surface area contributed by atoms with Gasteiger partial charge in [-0.3, -0.25) is 0 Å². The van der Waals surface area contributed by atoms with Gasteiger partial charge in [0.25, 0.3) is 0 Å². The Hall–Kier alpha value is -1.75. The van der Waals surface area contributed by atoms with Crippen LogP contribution in [0.4, 0.5) is 16.2 Å². The van der Waals surface area contributed by atoms with Gasteiger partial charge in [0.1, 0.15) is 0 Å². The summed E-state index contributed by atoms with van der Waals surface area (Å²) in [6.07, 6.45) is 4.81. The van der Waals surface area contributed by atoms with Gasteiger partial charge in [-0.2, -0.15) is 0 Å². The van der Waals surface area contributed by atoms with Gasteiger partial charge in [-0.05, 0) is 43.9 Å². The number of urea groups is 1. The lowest BCUT2D eigenvalue weighted by molar-refractivity contribution is 0.174. The van der Waals surface area contributed by atoms with Crippen molar-refractivity contribution in [3.63, 3.8) is 0 Å². The van der Waals surface area contributed by atoms with E-state index in [1.807, 2.05) is 17.0 Å². The first-order valence-corrected chi connectivity index (χ1v) is 10.3. The molecule has 0 aromatic heterocycles. The summed E-state index contributed by atoms with van der Waals surface area (Å²) in [6, 6.07) is 8.30. The van der Waals surface area contributed by atoms with Crippen molar-refractivity contribution < 1.29 is 4.79 Å². The molecule has 2 amide bonds. The number of nitrogens with one attached hydrogen (secondary N) is 1. The molecule has 1 aromatic carbocycles. The highest BCUT2D eigenvalue weighted by atomic mass is 16.2. The van der Waals surface area contributed by atoms with Gasteiger partial charge < -0.3 is 20.0 Å². The third kappa shape index (κ3) is 4.70. The van der Waals surface area contributed by atoms with Gasteiger partial charge in [0.2, 0.25) is 0 Å². The largest absolute Gasteiger partial charge is 0.367 e. The predicted molar refractivity (Wildman–Crippen MR) is 109 cm³/mol. The Morgan fingerprint density at radius 1 is 1.12 bits per heavy atom. The third-order valence-electron chi connectivity index (χ3n) is 5.81. The van der Waals surface area contributed by atoms with E-state index in [0.717, 1.165) is 63.6 Å². The molecule has 2 aliphatic heterocycles. The van der Waals surface area contributed by atoms with E-state index >= 15 is 0 Å². The van der Waals surface area contributed by atoms with Crippen LogP contribution in [0.25, 0.3) is 0 Å². The molecule has 0 spiro atoms. The van der Waals surface area contributed by atoms with Gasteiger partial charge >= 0.3 is 6.03 Å². The molecule has 2 heterocycles. The van der Waals surface area contributed by atoms with Crippen LogP contribution in [0, 0.1) is 5.92 Å². The number of hydrogen-bond acceptors (Lipinski definition) is 3. The molecule has 3 rings (SSSR count). The van der Waals surface area contributed by atoms with Crippen LogP contribution in [-0.2, 0) is 0 Å². The quantitative estimate of drug-likeness (QED) is 0.868. The Labute approximate surface area is 158 Å². The van der Waals surface area contributed by atoms with Crippen LogP contribution >= 0.6 is 0 Å². The van der Waals surface area contributed by atoms with E-state index in [-0.39, 0.29) is 6.03 Å². The van der Waals surface area contributed by atoms with E-state index in [1.54, 1.807) is 0 Å². The van der Waals surface area contributed by atoms with Crippen LogP contribution in [0.5, 0.6) is 0 Å². The fourth-order valence-corrected chi connectivity index (χ4v) is 4.25. The average molecular weight is 359 g/mol. The van der Waals surface area contributed by atoms with Gasteiger partial charge in [-0.1, -0.05) is 32.4 Å². The van der Waals surface area contributed by atoms with E-state index in [0.29, 0.717) is 5.92 Å². The van der Waals surface area contributed by atoms with Gasteiger partial charge in [-0.25, -0.2) is 4.79 Å². The van der Waals surface area contributed by atoms with Crippen molar-refractivity contribution in [1.82, 2.24) is 9.80 Å². The molecule has 0 bridgehead atoms. The van der Waals surface area contributed by atoms with Crippen LogP contribution in [0.3, 0.4) is 0 Å². The molecule has 2 aliphatic rings. The zero-order valence-corrected chi connectivity index (χ0v) is 16.4. The summed E-state index contributed by atoms with van der Waals surface area (Å²) in [6.45, 7) is 11.5. The molecule has 2 fully saturated rings. The fourth-order valence-electron chi connectivity index (χ4n) is 4.25. The highest BCUT2D eigenvalue weighted by Crippen LogP contribution is 2.28. The maximum Gasteiger partial charge on any atom is 0.321 e. The van der Waals surface area contributed by atoms with Gasteiger partial charge in [0.15, 0.2) is 0 Å². The number of benzene rings is 1. The second-order valence-corrected chi connectivity index (χ2v) is 7.61. The zero-order chi connectivity index (χ0) is 18.4. The molecule has 1 N–H and O–H groups in total. The summed E-state index contributed by atoms with van der Waals surface area (Å²) in [7, 11) is 0. The molecule has 2 saturated heterocycles. The predicted octanol–water partition coefficient (Wildman–Crippen LogP) is 3.87. The minimum atomic E-state index is 0.0606. The molecule has 1 aromatic rings. The van der Waals surface area contributed by atoms with Crippen molar-refractivity contribution in [3.8, 4) is 0 Å². The molecule has 0 radical (unpaired) electrons. The lowest BCUT2D eigenvalue weighted by atomic mass is 9.94. The van der Waals surface area contributed by atoms with E-state index in [1.165, 1.54) is 19.3 Å². The molecular formula is C21H34N4O. The Bertz CT molecular complexity index is 581. The maximum absolute atomic E-state index is 12.8. The first-order chi connectivity index (χ1) is 12.7. The van der Waals surface area contributed by atoms with Gasteiger partial charge in [0.05, 0.1) is 11.4 Å². The second kappa shape index (κ2) is 9.26. The normalized spacial score (nSPS) is 21.7. The van der Waals surface area contributed by atoms with Crippen LogP contribution in [0.15, 0.2) is 24.3 Å². The molecule has 0 saturated carbocycles. The number of carbonyl (C=O) groups is 1. The van der Waals surface area contributed by atoms with Crippen molar-refractivity contribution in [3.05, 3.63) is 24.3 Å². The molecular weight excluding hydrogens is 324 g/mol. The monoisotopic (exact) mass is 358 g/mol.